The molecule has 1 aliphatic carbocycles. The van der Waals surface area contributed by atoms with E-state index in [2.05, 4.69) is 32.1 Å². The Kier molecular flexibility index (Phi) is 6.33. The smallest absolute Gasteiger partial charge is 0.228 e. The van der Waals surface area contributed by atoms with E-state index in [1.165, 1.54) is 14.2 Å². The van der Waals surface area contributed by atoms with Gasteiger partial charge in [0, 0.05) is 51.1 Å². The molecule has 1 amide bonds. The molecule has 5 rings (SSSR count). The summed E-state index contributed by atoms with van der Waals surface area (Å²) in [7, 11) is 6.89. The highest BCUT2D eigenvalue weighted by Gasteiger charge is 2.44. The molecule has 9 nitrogen and oxygen atoms in total. The van der Waals surface area contributed by atoms with Gasteiger partial charge < -0.3 is 29.2 Å². The number of hydrogen-bond acceptors (Lipinski definition) is 7. The highest BCUT2D eigenvalue weighted by molar-refractivity contribution is 5.96. The van der Waals surface area contributed by atoms with E-state index in [1.807, 2.05) is 23.7 Å². The average Bonchev–Trinajstić information content (AvgIpc) is 3.55. The first-order chi connectivity index (χ1) is 16.9. The summed E-state index contributed by atoms with van der Waals surface area (Å²) in [6, 6.07) is 3.72. The molecule has 0 aromatic carbocycles. The van der Waals surface area contributed by atoms with Gasteiger partial charge in [0.1, 0.15) is 11.4 Å². The van der Waals surface area contributed by atoms with Crippen LogP contribution in [0, 0.1) is 17.7 Å². The topological polar surface area (TPSA) is 84.8 Å². The lowest BCUT2D eigenvalue weighted by atomic mass is 10.1. The summed E-state index contributed by atoms with van der Waals surface area (Å²) in [5.41, 5.74) is 1.91. The molecule has 2 fully saturated rings. The van der Waals surface area contributed by atoms with Crippen LogP contribution in [0.15, 0.2) is 24.5 Å². The van der Waals surface area contributed by atoms with Crippen LogP contribution in [-0.4, -0.2) is 84.2 Å². The second-order valence-corrected chi connectivity index (χ2v) is 9.44. The third-order valence-electron chi connectivity index (χ3n) is 7.13. The van der Waals surface area contributed by atoms with Crippen molar-refractivity contribution >= 4 is 22.6 Å². The minimum absolute atomic E-state index is 0.0183. The Balaban J connectivity index is 1.33. The molecule has 10 heteroatoms. The summed E-state index contributed by atoms with van der Waals surface area (Å²) in [6.07, 6.45) is 3.70. The summed E-state index contributed by atoms with van der Waals surface area (Å²) in [4.78, 5) is 26.2. The van der Waals surface area contributed by atoms with E-state index in [0.29, 0.717) is 23.0 Å². The number of nitrogens with one attached hydrogen (secondary N) is 1. The summed E-state index contributed by atoms with van der Waals surface area (Å²) in [6.45, 7) is 5.26. The van der Waals surface area contributed by atoms with Crippen LogP contribution in [0.5, 0.6) is 11.6 Å². The van der Waals surface area contributed by atoms with Crippen LogP contribution in [0.2, 0.25) is 0 Å². The lowest BCUT2D eigenvalue weighted by Crippen LogP contribution is -2.45. The first-order valence-corrected chi connectivity index (χ1v) is 11.8. The number of fused-ring (bicyclic) bond motifs is 1. The fourth-order valence-corrected chi connectivity index (χ4v) is 4.93. The first-order valence-electron chi connectivity index (χ1n) is 11.8. The lowest BCUT2D eigenvalue weighted by Gasteiger charge is -2.32. The molecule has 1 N–H and O–H groups in total. The number of rotatable bonds is 7. The number of carbonyl (C=O) groups excluding carboxylic acids is 1. The fourth-order valence-electron chi connectivity index (χ4n) is 4.93. The normalized spacial score (nSPS) is 20.7. The van der Waals surface area contributed by atoms with Gasteiger partial charge >= 0.3 is 0 Å². The predicted molar refractivity (Wildman–Crippen MR) is 131 cm³/mol. The number of pyridine rings is 2. The third kappa shape index (κ3) is 4.55. The van der Waals surface area contributed by atoms with Crippen LogP contribution in [0.1, 0.15) is 6.42 Å². The molecule has 35 heavy (non-hydrogen) atoms. The zero-order valence-electron chi connectivity index (χ0n) is 20.5. The van der Waals surface area contributed by atoms with Crippen LogP contribution < -0.4 is 14.8 Å². The van der Waals surface area contributed by atoms with Crippen molar-refractivity contribution in [1.82, 2.24) is 24.3 Å². The molecule has 3 aromatic rings. The number of ether oxygens (including phenoxy) is 2. The zero-order chi connectivity index (χ0) is 24.7. The summed E-state index contributed by atoms with van der Waals surface area (Å²) < 4.78 is 27.0. The summed E-state index contributed by atoms with van der Waals surface area (Å²) >= 11 is 0. The van der Waals surface area contributed by atoms with Crippen molar-refractivity contribution in [2.75, 3.05) is 59.3 Å². The third-order valence-corrected chi connectivity index (χ3v) is 7.13. The van der Waals surface area contributed by atoms with Crippen molar-refractivity contribution in [2.24, 2.45) is 18.9 Å². The van der Waals surface area contributed by atoms with Gasteiger partial charge in [-0.15, -0.1) is 0 Å². The van der Waals surface area contributed by atoms with E-state index in [-0.39, 0.29) is 23.5 Å². The minimum atomic E-state index is -0.574. The number of amides is 1. The maximum Gasteiger partial charge on any atom is 0.228 e. The van der Waals surface area contributed by atoms with Crippen LogP contribution >= 0.6 is 0 Å². The number of aromatic nitrogens is 3. The molecule has 1 saturated carbocycles. The van der Waals surface area contributed by atoms with E-state index >= 15 is 0 Å². The van der Waals surface area contributed by atoms with Crippen molar-refractivity contribution in [2.45, 2.75) is 6.42 Å². The van der Waals surface area contributed by atoms with Crippen molar-refractivity contribution in [3.63, 3.8) is 0 Å². The average molecular weight is 483 g/mol. The standard InChI is InChI=1S/C25H31FN6O3/c1-30-5-7-32(8-6-30)14-16-9-17(16)24(33)29-21-11-15-10-19(31(2)20(15)13-27-21)22-23(34-3)18(26)12-28-25(22)35-4/h10-13,16-17H,5-9,14H2,1-4H3,(H,27,29,33)/t16-,17+/m0/s1. The van der Waals surface area contributed by atoms with Gasteiger partial charge in [0.15, 0.2) is 11.6 Å². The highest BCUT2D eigenvalue weighted by Crippen LogP contribution is 2.42. The minimum Gasteiger partial charge on any atom is -0.493 e. The molecule has 0 radical (unpaired) electrons. The van der Waals surface area contributed by atoms with E-state index in [0.717, 1.165) is 56.2 Å². The molecule has 3 aromatic heterocycles. The van der Waals surface area contributed by atoms with Crippen LogP contribution in [-0.2, 0) is 11.8 Å². The Labute approximate surface area is 203 Å². The summed E-state index contributed by atoms with van der Waals surface area (Å²) in [5, 5.41) is 3.84. The van der Waals surface area contributed by atoms with Crippen molar-refractivity contribution in [3.8, 4) is 22.9 Å². The molecule has 4 heterocycles. The van der Waals surface area contributed by atoms with E-state index in [4.69, 9.17) is 9.47 Å². The van der Waals surface area contributed by atoms with Gasteiger partial charge in [-0.3, -0.25) is 4.79 Å². The van der Waals surface area contributed by atoms with Crippen molar-refractivity contribution < 1.29 is 18.7 Å². The number of nitrogens with zero attached hydrogens (tertiary/aromatic N) is 5. The molecular weight excluding hydrogens is 451 g/mol. The van der Waals surface area contributed by atoms with Crippen LogP contribution in [0.3, 0.4) is 0 Å². The fraction of sp³-hybridized carbons (Fsp3) is 0.480. The van der Waals surface area contributed by atoms with Crippen LogP contribution in [0.25, 0.3) is 22.2 Å². The quantitative estimate of drug-likeness (QED) is 0.554. The Morgan fingerprint density at radius 1 is 1.11 bits per heavy atom. The van der Waals surface area contributed by atoms with Crippen molar-refractivity contribution in [3.05, 3.63) is 30.3 Å². The Bertz CT molecular complexity index is 1250. The Hall–Kier alpha value is -3.24. The number of piperazine rings is 1. The second kappa shape index (κ2) is 9.43. The highest BCUT2D eigenvalue weighted by atomic mass is 19.1. The molecule has 1 saturated heterocycles. The van der Waals surface area contributed by atoms with E-state index in [9.17, 15) is 9.18 Å². The lowest BCUT2D eigenvalue weighted by molar-refractivity contribution is -0.117. The number of hydrogen-bond donors (Lipinski definition) is 1. The number of likely N-dealkylation sites (N-methyl/N-ethyl adjacent to an activating group) is 1. The number of methoxy groups -OCH3 is 2. The Morgan fingerprint density at radius 2 is 1.89 bits per heavy atom. The molecule has 2 aliphatic rings. The summed E-state index contributed by atoms with van der Waals surface area (Å²) in [5.74, 6) is 0.706. The predicted octanol–water partition coefficient (Wildman–Crippen LogP) is 2.61. The van der Waals surface area contributed by atoms with Gasteiger partial charge in [-0.25, -0.2) is 14.4 Å². The zero-order valence-corrected chi connectivity index (χ0v) is 20.5. The molecular formula is C25H31FN6O3. The Morgan fingerprint density at radius 3 is 2.60 bits per heavy atom. The monoisotopic (exact) mass is 482 g/mol. The first kappa shape index (κ1) is 23.5. The van der Waals surface area contributed by atoms with Gasteiger partial charge in [0.25, 0.3) is 0 Å². The number of aryl methyl sites for hydroxylation is 1. The maximum absolute atomic E-state index is 14.4. The second-order valence-electron chi connectivity index (χ2n) is 9.44. The molecule has 0 bridgehead atoms. The van der Waals surface area contributed by atoms with Crippen LogP contribution in [0.4, 0.5) is 10.2 Å². The molecule has 2 atom stereocenters. The maximum atomic E-state index is 14.4. The van der Waals surface area contributed by atoms with Gasteiger partial charge in [0.2, 0.25) is 11.8 Å². The number of halogens is 1. The molecule has 186 valence electrons. The number of carbonyl (C=O) groups is 1. The van der Waals surface area contributed by atoms with Crippen molar-refractivity contribution in [1.29, 1.82) is 0 Å². The molecule has 1 aliphatic heterocycles. The SMILES string of the molecule is COc1ncc(F)c(OC)c1-c1cc2cc(NC(=O)[C@@H]3C[C@H]3CN3CCN(C)CC3)ncc2n1C. The van der Waals surface area contributed by atoms with Gasteiger partial charge in [-0.1, -0.05) is 0 Å². The van der Waals surface area contributed by atoms with Gasteiger partial charge in [-0.05, 0) is 31.5 Å². The molecule has 0 unspecified atom stereocenters. The van der Waals surface area contributed by atoms with E-state index < -0.39 is 5.82 Å². The van der Waals surface area contributed by atoms with Gasteiger partial charge in [-0.2, -0.15) is 0 Å². The largest absolute Gasteiger partial charge is 0.493 e. The number of anilines is 1. The molecule has 0 spiro atoms. The van der Waals surface area contributed by atoms with E-state index in [1.54, 1.807) is 6.20 Å². The van der Waals surface area contributed by atoms with Gasteiger partial charge in [0.05, 0.1) is 37.8 Å².